The van der Waals surface area contributed by atoms with E-state index in [1.54, 1.807) is 12.1 Å². The maximum atomic E-state index is 12.1. The van der Waals surface area contributed by atoms with Gasteiger partial charge in [-0.3, -0.25) is 0 Å². The Hall–Kier alpha value is -0.0273. The van der Waals surface area contributed by atoms with E-state index >= 15 is 0 Å². The van der Waals surface area contributed by atoms with Gasteiger partial charge in [-0.1, -0.05) is 0 Å². The van der Waals surface area contributed by atoms with E-state index in [9.17, 15) is 18.3 Å². The Morgan fingerprint density at radius 3 is 1.84 bits per heavy atom. The number of piperidine rings is 1. The van der Waals surface area contributed by atoms with E-state index in [1.165, 1.54) is 24.3 Å². The molecule has 1 aliphatic rings. The number of halogens is 3. The maximum absolute atomic E-state index is 12.1. The normalized spacial score (nSPS) is 13.6. The van der Waals surface area contributed by atoms with E-state index < -0.39 is 12.5 Å². The number of benzene rings is 2. The Morgan fingerprint density at radius 2 is 1.39 bits per heavy atom. The minimum atomic E-state index is -4.69. The summed E-state index contributed by atoms with van der Waals surface area (Å²) in [7, 11) is 0. The van der Waals surface area contributed by atoms with Gasteiger partial charge in [-0.25, -0.2) is 0 Å². The molecule has 12 heteroatoms. The Labute approximate surface area is 262 Å². The molecule has 1 heterocycles. The first-order chi connectivity index (χ1) is 13.6. The first kappa shape index (κ1) is 31.0. The number of carbonyl (C=O) groups is 1. The fraction of sp³-hybridized carbons (Fsp3) is 0.316. The van der Waals surface area contributed by atoms with Crippen LogP contribution in [0.5, 0.6) is 17.2 Å². The molecule has 2 aromatic rings. The standard InChI is InChI=1S/C18H18F3NO3.CH2O3.2K/c19-18(20,21)25-17-7-5-15(6-8-17)24-16-9-11-22(12-10-16)13-1-3-14(23)4-2-13;2-1(3)4;;/h1-8,16,23H,9-12H2;(H2,2,3,4);;/q;;2*+1/p-2. The van der Waals surface area contributed by atoms with Crippen LogP contribution in [0.3, 0.4) is 0 Å². The van der Waals surface area contributed by atoms with Crippen molar-refractivity contribution in [1.29, 1.82) is 0 Å². The van der Waals surface area contributed by atoms with E-state index in [0.29, 0.717) is 5.75 Å². The van der Waals surface area contributed by atoms with Crippen LogP contribution in [-0.2, 0) is 0 Å². The average molecular weight is 492 g/mol. The first-order valence-corrected chi connectivity index (χ1v) is 8.57. The molecule has 0 unspecified atom stereocenters. The molecular weight excluding hydrogens is 473 g/mol. The zero-order chi connectivity index (χ0) is 21.4. The predicted octanol–water partition coefficient (Wildman–Crippen LogP) is -4.10. The van der Waals surface area contributed by atoms with E-state index in [0.717, 1.165) is 31.6 Å². The third kappa shape index (κ3) is 12.7. The molecule has 3 rings (SSSR count). The molecule has 1 aliphatic heterocycles. The van der Waals surface area contributed by atoms with Crippen molar-refractivity contribution < 1.29 is 146 Å². The van der Waals surface area contributed by atoms with Gasteiger partial charge in [0.05, 0.1) is 0 Å². The summed E-state index contributed by atoms with van der Waals surface area (Å²) in [5.74, 6) is 0.500. The maximum Gasteiger partial charge on any atom is 1.00 e. The van der Waals surface area contributed by atoms with Gasteiger partial charge in [-0.15, -0.1) is 13.2 Å². The summed E-state index contributed by atoms with van der Waals surface area (Å²) in [5.41, 5.74) is 1.05. The minimum absolute atomic E-state index is 0. The van der Waals surface area contributed by atoms with Crippen LogP contribution < -0.4 is 127 Å². The third-order valence-corrected chi connectivity index (χ3v) is 4.02. The van der Waals surface area contributed by atoms with Crippen molar-refractivity contribution in [3.8, 4) is 17.2 Å². The monoisotopic (exact) mass is 491 g/mol. The third-order valence-electron chi connectivity index (χ3n) is 4.02. The zero-order valence-electron chi connectivity index (χ0n) is 17.1. The van der Waals surface area contributed by atoms with Gasteiger partial charge < -0.3 is 34.5 Å². The number of carboxylic acid groups (broad SMARTS) is 2. The molecule has 0 saturated carbocycles. The SMILES string of the molecule is O=C([O-])[O-].Oc1ccc(N2CCC(Oc3ccc(OC(F)(F)F)cc3)CC2)cc1.[K+].[K+]. The number of anilines is 1. The van der Waals surface area contributed by atoms with Crippen LogP contribution in [0.2, 0.25) is 0 Å². The average Bonchev–Trinajstić information content (AvgIpc) is 2.63. The fourth-order valence-electron chi connectivity index (χ4n) is 2.81. The van der Waals surface area contributed by atoms with Crippen molar-refractivity contribution in [2.75, 3.05) is 18.0 Å². The van der Waals surface area contributed by atoms with Crippen molar-refractivity contribution in [2.24, 2.45) is 0 Å². The van der Waals surface area contributed by atoms with Crippen LogP contribution in [0.1, 0.15) is 12.8 Å². The molecule has 0 spiro atoms. The van der Waals surface area contributed by atoms with Gasteiger partial charge in [0, 0.05) is 31.6 Å². The fourth-order valence-corrected chi connectivity index (χ4v) is 2.81. The van der Waals surface area contributed by atoms with Crippen LogP contribution in [0.25, 0.3) is 0 Å². The molecule has 0 amide bonds. The van der Waals surface area contributed by atoms with Crippen LogP contribution >= 0.6 is 0 Å². The van der Waals surface area contributed by atoms with E-state index in [1.807, 2.05) is 12.1 Å². The van der Waals surface area contributed by atoms with Gasteiger partial charge in [0.25, 0.3) is 0 Å². The van der Waals surface area contributed by atoms with E-state index in [-0.39, 0.29) is 120 Å². The van der Waals surface area contributed by atoms with Gasteiger partial charge in [-0.05, 0) is 54.7 Å². The van der Waals surface area contributed by atoms with Crippen LogP contribution in [-0.4, -0.2) is 36.8 Å². The van der Waals surface area contributed by atoms with Crippen molar-refractivity contribution in [2.45, 2.75) is 25.3 Å². The molecule has 0 radical (unpaired) electrons. The predicted molar refractivity (Wildman–Crippen MR) is 92.5 cm³/mol. The van der Waals surface area contributed by atoms with Gasteiger partial charge in [0.15, 0.2) is 0 Å². The van der Waals surface area contributed by atoms with E-state index in [2.05, 4.69) is 9.64 Å². The minimum Gasteiger partial charge on any atom is -0.652 e. The van der Waals surface area contributed by atoms with Crippen molar-refractivity contribution in [1.82, 2.24) is 0 Å². The second kappa shape index (κ2) is 15.0. The molecule has 0 aliphatic carbocycles. The molecule has 0 bridgehead atoms. The van der Waals surface area contributed by atoms with E-state index in [4.69, 9.17) is 19.7 Å². The molecule has 2 aromatic carbocycles. The molecule has 1 fully saturated rings. The van der Waals surface area contributed by atoms with Crippen LogP contribution in [0.4, 0.5) is 23.7 Å². The zero-order valence-corrected chi connectivity index (χ0v) is 23.3. The van der Waals surface area contributed by atoms with Crippen molar-refractivity contribution in [3.05, 3.63) is 48.5 Å². The Balaban J connectivity index is 0.00000138. The largest absolute Gasteiger partial charge is 1.00 e. The number of nitrogens with zero attached hydrogens (tertiary/aromatic N) is 1. The van der Waals surface area contributed by atoms with Gasteiger partial charge >= 0.3 is 109 Å². The van der Waals surface area contributed by atoms with Gasteiger partial charge in [-0.2, -0.15) is 0 Å². The number of aromatic hydroxyl groups is 1. The molecule has 0 atom stereocenters. The number of ether oxygens (including phenoxy) is 2. The number of phenolic OH excluding ortho intramolecular Hbond substituents is 1. The summed E-state index contributed by atoms with van der Waals surface area (Å²) in [4.78, 5) is 10.5. The van der Waals surface area contributed by atoms with Crippen molar-refractivity contribution >= 4 is 11.8 Å². The second-order valence-electron chi connectivity index (χ2n) is 6.09. The number of rotatable bonds is 4. The summed E-state index contributed by atoms with van der Waals surface area (Å²) >= 11 is 0. The van der Waals surface area contributed by atoms with Crippen LogP contribution in [0.15, 0.2) is 48.5 Å². The second-order valence-corrected chi connectivity index (χ2v) is 6.09. The summed E-state index contributed by atoms with van der Waals surface area (Å²) < 4.78 is 46.1. The molecule has 158 valence electrons. The number of hydrogen-bond donors (Lipinski definition) is 1. The smallest absolute Gasteiger partial charge is 0.652 e. The summed E-state index contributed by atoms with van der Waals surface area (Å²) in [6, 6.07) is 12.5. The summed E-state index contributed by atoms with van der Waals surface area (Å²) in [6.07, 6.45) is -5.39. The Morgan fingerprint density at radius 1 is 0.935 bits per heavy atom. The Bertz CT molecular complexity index is 779. The van der Waals surface area contributed by atoms with Crippen LogP contribution in [0, 0.1) is 0 Å². The molecular formula is C19H18F3K2NO6. The number of phenols is 1. The number of alkyl halides is 3. The number of hydrogen-bond acceptors (Lipinski definition) is 7. The molecule has 31 heavy (non-hydrogen) atoms. The molecule has 0 aromatic heterocycles. The first-order valence-electron chi connectivity index (χ1n) is 8.57. The summed E-state index contributed by atoms with van der Waals surface area (Å²) in [6.45, 7) is 1.62. The molecule has 1 N–H and O–H groups in total. The quantitative estimate of drug-likeness (QED) is 0.434. The Kier molecular flexibility index (Phi) is 15.0. The van der Waals surface area contributed by atoms with Crippen molar-refractivity contribution in [3.63, 3.8) is 0 Å². The van der Waals surface area contributed by atoms with Gasteiger partial charge in [0.2, 0.25) is 0 Å². The number of carbonyl (C=O) groups excluding carboxylic acids is 1. The summed E-state index contributed by atoms with van der Waals surface area (Å²) in [5, 5.41) is 26.0. The molecule has 1 saturated heterocycles. The topological polar surface area (TPSA) is 105 Å². The van der Waals surface area contributed by atoms with Gasteiger partial charge in [0.1, 0.15) is 23.4 Å². The molecule has 7 nitrogen and oxygen atoms in total.